The third kappa shape index (κ3) is 5.49. The van der Waals surface area contributed by atoms with Crippen LogP contribution < -0.4 is 10.7 Å². The van der Waals surface area contributed by atoms with E-state index in [-0.39, 0.29) is 11.0 Å². The van der Waals surface area contributed by atoms with E-state index in [1.165, 1.54) is 4.57 Å². The molecule has 5 rings (SSSR count). The van der Waals surface area contributed by atoms with Crippen LogP contribution in [0.2, 0.25) is 0 Å². The van der Waals surface area contributed by atoms with E-state index in [4.69, 9.17) is 17.2 Å². The number of nitrogens with zero attached hydrogens (tertiary/aromatic N) is 4. The van der Waals surface area contributed by atoms with Crippen molar-refractivity contribution in [1.82, 2.24) is 15.0 Å². The summed E-state index contributed by atoms with van der Waals surface area (Å²) in [6.07, 6.45) is 5.81. The maximum atomic E-state index is 11.2. The van der Waals surface area contributed by atoms with Crippen LogP contribution in [-0.2, 0) is 6.42 Å². The predicted octanol–water partition coefficient (Wildman–Crippen LogP) is 5.56. The van der Waals surface area contributed by atoms with E-state index < -0.39 is 0 Å². The Morgan fingerprint density at radius 2 is 1.78 bits per heavy atom. The fourth-order valence-corrected chi connectivity index (χ4v) is 4.33. The normalized spacial score (nSPS) is 13.3. The molecule has 2 heterocycles. The summed E-state index contributed by atoms with van der Waals surface area (Å²) < 4.78 is 1.53. The Balaban J connectivity index is 1.41. The fourth-order valence-electron chi connectivity index (χ4n) is 4.09. The standard InChI is InChI=1S/C29H26N6OS/c1-20-9-5-7-13-24(20)30-16-15-27-33-26(17-22-19-31-25-14-8-6-12-23(22)25)28(36)35(27)29(37)34-32-18-21-10-3-2-4-11-21/h2-14,17-19,30,36H,15-16H2,1H3,(H,34,37)/b22-17+,32-18+. The fraction of sp³-hybridized carbons (Fsp3) is 0.103. The number of nitrogens with one attached hydrogen (secondary N) is 2. The van der Waals surface area contributed by atoms with Crippen LogP contribution in [0.3, 0.4) is 0 Å². The second kappa shape index (κ2) is 11.0. The zero-order valence-corrected chi connectivity index (χ0v) is 21.1. The highest BCUT2D eigenvalue weighted by molar-refractivity contribution is 7.80. The first-order valence-electron chi connectivity index (χ1n) is 11.9. The van der Waals surface area contributed by atoms with Gasteiger partial charge in [-0.15, -0.1) is 0 Å². The number of aliphatic imine (C=N–C) groups is 1. The third-order valence-corrected chi connectivity index (χ3v) is 6.26. The lowest BCUT2D eigenvalue weighted by Gasteiger charge is -2.11. The highest BCUT2D eigenvalue weighted by Crippen LogP contribution is 2.33. The number of hydrazone groups is 1. The Labute approximate surface area is 220 Å². The zero-order valence-electron chi connectivity index (χ0n) is 20.3. The molecule has 0 aliphatic carbocycles. The summed E-state index contributed by atoms with van der Waals surface area (Å²) in [5.74, 6) is 0.560. The van der Waals surface area contributed by atoms with Crippen LogP contribution in [-0.4, -0.2) is 38.7 Å². The number of benzene rings is 3. The van der Waals surface area contributed by atoms with Crippen molar-refractivity contribution in [3.63, 3.8) is 0 Å². The average molecular weight is 507 g/mol. The molecule has 1 aromatic heterocycles. The SMILES string of the molecule is Cc1ccccc1NCCc1nc(/C=C2\C=Nc3ccccc32)c(O)n1C(=S)N/N=C/c1ccccc1. The van der Waals surface area contributed by atoms with E-state index in [2.05, 4.69) is 33.8 Å². The van der Waals surface area contributed by atoms with Crippen LogP contribution in [0, 0.1) is 6.92 Å². The van der Waals surface area contributed by atoms with Gasteiger partial charge in [0.05, 0.1) is 11.9 Å². The molecule has 0 fully saturated rings. The van der Waals surface area contributed by atoms with Gasteiger partial charge >= 0.3 is 0 Å². The van der Waals surface area contributed by atoms with Gasteiger partial charge < -0.3 is 10.4 Å². The maximum Gasteiger partial charge on any atom is 0.225 e. The second-order valence-electron chi connectivity index (χ2n) is 8.52. The molecule has 0 spiro atoms. The van der Waals surface area contributed by atoms with Crippen LogP contribution in [0.15, 0.2) is 89.0 Å². The van der Waals surface area contributed by atoms with Gasteiger partial charge in [-0.3, -0.25) is 10.4 Å². The summed E-state index contributed by atoms with van der Waals surface area (Å²) in [5.41, 5.74) is 9.19. The quantitative estimate of drug-likeness (QED) is 0.173. The summed E-state index contributed by atoms with van der Waals surface area (Å²) in [6, 6.07) is 25.7. The predicted molar refractivity (Wildman–Crippen MR) is 155 cm³/mol. The van der Waals surface area contributed by atoms with Gasteiger partial charge in [0.15, 0.2) is 0 Å². The molecule has 3 aromatic carbocycles. The second-order valence-corrected chi connectivity index (χ2v) is 8.91. The molecule has 8 heteroatoms. The Morgan fingerprint density at radius 3 is 2.62 bits per heavy atom. The molecule has 184 valence electrons. The number of anilines is 1. The van der Waals surface area contributed by atoms with Gasteiger partial charge in [-0.05, 0) is 48.5 Å². The van der Waals surface area contributed by atoms with Crippen molar-refractivity contribution >= 4 is 52.8 Å². The van der Waals surface area contributed by atoms with E-state index in [1.54, 1.807) is 12.4 Å². The largest absolute Gasteiger partial charge is 0.493 e. The number of aryl methyl sites for hydroxylation is 1. The molecule has 0 radical (unpaired) electrons. The summed E-state index contributed by atoms with van der Waals surface area (Å²) in [4.78, 5) is 9.20. The molecule has 0 bridgehead atoms. The Bertz CT molecular complexity index is 1520. The molecule has 37 heavy (non-hydrogen) atoms. The Morgan fingerprint density at radius 1 is 1.03 bits per heavy atom. The molecule has 3 N–H and O–H groups in total. The maximum absolute atomic E-state index is 11.2. The topological polar surface area (TPSA) is 86.8 Å². The third-order valence-electron chi connectivity index (χ3n) is 5.98. The molecule has 4 aromatic rings. The molecule has 0 atom stereocenters. The number of fused-ring (bicyclic) bond motifs is 1. The van der Waals surface area contributed by atoms with E-state index in [1.807, 2.05) is 78.9 Å². The summed E-state index contributed by atoms with van der Waals surface area (Å²) in [5, 5.41) is 19.1. The molecule has 7 nitrogen and oxygen atoms in total. The van der Waals surface area contributed by atoms with E-state index in [9.17, 15) is 5.11 Å². The Kier molecular flexibility index (Phi) is 7.19. The zero-order chi connectivity index (χ0) is 25.6. The van der Waals surface area contributed by atoms with Crippen LogP contribution >= 0.6 is 12.2 Å². The summed E-state index contributed by atoms with van der Waals surface area (Å²) in [7, 11) is 0. The molecule has 1 aliphatic heterocycles. The number of rotatable bonds is 7. The molecule has 1 aliphatic rings. The van der Waals surface area contributed by atoms with Crippen molar-refractivity contribution in [3.8, 4) is 5.88 Å². The van der Waals surface area contributed by atoms with Gasteiger partial charge in [0, 0.05) is 36.0 Å². The number of allylic oxidation sites excluding steroid dienone is 1. The lowest BCUT2D eigenvalue weighted by molar-refractivity contribution is 0.443. The van der Waals surface area contributed by atoms with Crippen molar-refractivity contribution in [1.29, 1.82) is 0 Å². The first-order valence-corrected chi connectivity index (χ1v) is 12.3. The minimum atomic E-state index is -0.0522. The Hall–Kier alpha value is -4.56. The average Bonchev–Trinajstić information content (AvgIpc) is 3.46. The minimum Gasteiger partial charge on any atom is -0.493 e. The van der Waals surface area contributed by atoms with Gasteiger partial charge in [-0.1, -0.05) is 66.7 Å². The number of imidazole rings is 1. The minimum absolute atomic E-state index is 0.0522. The van der Waals surface area contributed by atoms with Crippen molar-refractivity contribution in [2.75, 3.05) is 11.9 Å². The molecular weight excluding hydrogens is 480 g/mol. The van der Waals surface area contributed by atoms with Crippen LogP contribution in [0.4, 0.5) is 11.4 Å². The lowest BCUT2D eigenvalue weighted by Crippen LogP contribution is -2.26. The van der Waals surface area contributed by atoms with E-state index in [0.717, 1.165) is 33.6 Å². The van der Waals surface area contributed by atoms with E-state index in [0.29, 0.717) is 24.5 Å². The molecule has 0 saturated heterocycles. The van der Waals surface area contributed by atoms with Crippen LogP contribution in [0.1, 0.15) is 28.2 Å². The van der Waals surface area contributed by atoms with Gasteiger partial charge in [0.1, 0.15) is 11.5 Å². The smallest absolute Gasteiger partial charge is 0.225 e. The number of hydrogen-bond acceptors (Lipinski definition) is 6. The number of hydrogen-bond donors (Lipinski definition) is 3. The number of aromatic nitrogens is 2. The van der Waals surface area contributed by atoms with Gasteiger partial charge in [0.2, 0.25) is 11.0 Å². The van der Waals surface area contributed by atoms with Gasteiger partial charge in [-0.25, -0.2) is 9.55 Å². The summed E-state index contributed by atoms with van der Waals surface area (Å²) >= 11 is 5.61. The molecule has 0 saturated carbocycles. The molecular formula is C29H26N6OS. The highest BCUT2D eigenvalue weighted by atomic mass is 32.1. The van der Waals surface area contributed by atoms with Gasteiger partial charge in [-0.2, -0.15) is 5.10 Å². The van der Waals surface area contributed by atoms with Gasteiger partial charge in [0.25, 0.3) is 0 Å². The molecule has 0 amide bonds. The first kappa shape index (κ1) is 24.1. The van der Waals surface area contributed by atoms with Crippen molar-refractivity contribution in [3.05, 3.63) is 107 Å². The van der Waals surface area contributed by atoms with Crippen LogP contribution in [0.25, 0.3) is 11.6 Å². The highest BCUT2D eigenvalue weighted by Gasteiger charge is 2.20. The van der Waals surface area contributed by atoms with E-state index >= 15 is 0 Å². The number of thiocarbonyl (C=S) groups is 1. The van der Waals surface area contributed by atoms with Crippen LogP contribution in [0.5, 0.6) is 5.88 Å². The van der Waals surface area contributed by atoms with Crippen molar-refractivity contribution in [2.45, 2.75) is 13.3 Å². The summed E-state index contributed by atoms with van der Waals surface area (Å²) in [6.45, 7) is 2.67. The first-order chi connectivity index (χ1) is 18.1. The van der Waals surface area contributed by atoms with Crippen molar-refractivity contribution in [2.24, 2.45) is 10.1 Å². The monoisotopic (exact) mass is 506 g/mol. The lowest BCUT2D eigenvalue weighted by atomic mass is 10.1. The van der Waals surface area contributed by atoms with Crippen molar-refractivity contribution < 1.29 is 5.11 Å². The molecule has 0 unspecified atom stereocenters. The number of para-hydroxylation sites is 2. The number of aromatic hydroxyl groups is 1.